The van der Waals surface area contributed by atoms with E-state index in [1.807, 2.05) is 72.8 Å². The Morgan fingerprint density at radius 2 is 1.57 bits per heavy atom. The van der Waals surface area contributed by atoms with Gasteiger partial charge in [-0.05, 0) is 86.0 Å². The second-order valence-electron chi connectivity index (χ2n) is 9.90. The molecule has 2 N–H and O–H groups in total. The van der Waals surface area contributed by atoms with Gasteiger partial charge >= 0.3 is 0 Å². The molecular formula is C34H29N5O. The van der Waals surface area contributed by atoms with Gasteiger partial charge in [0.05, 0.1) is 28.3 Å². The Morgan fingerprint density at radius 1 is 0.825 bits per heavy atom. The van der Waals surface area contributed by atoms with Crippen molar-refractivity contribution in [3.63, 3.8) is 0 Å². The van der Waals surface area contributed by atoms with Gasteiger partial charge in [0.15, 0.2) is 0 Å². The average molecular weight is 524 g/mol. The molecule has 0 bridgehead atoms. The average Bonchev–Trinajstić information content (AvgIpc) is 3.34. The number of para-hydroxylation sites is 1. The van der Waals surface area contributed by atoms with Crippen LogP contribution in [-0.4, -0.2) is 15.9 Å². The minimum atomic E-state index is -0.0138. The number of aromatic nitrogens is 2. The maximum atomic E-state index is 12.8. The Hall–Kier alpha value is -5.10. The first kappa shape index (κ1) is 25.2. The molecule has 2 heterocycles. The number of rotatable bonds is 8. The van der Waals surface area contributed by atoms with Crippen LogP contribution in [0.1, 0.15) is 24.0 Å². The summed E-state index contributed by atoms with van der Waals surface area (Å²) in [5, 5.41) is 13.8. The van der Waals surface area contributed by atoms with Gasteiger partial charge in [-0.3, -0.25) is 4.79 Å². The lowest BCUT2D eigenvalue weighted by Gasteiger charge is -2.08. The summed E-state index contributed by atoms with van der Waals surface area (Å²) in [5.74, 6) is -0.0138. The minimum absolute atomic E-state index is 0.0138. The summed E-state index contributed by atoms with van der Waals surface area (Å²) in [7, 11) is 0. The van der Waals surface area contributed by atoms with Crippen LogP contribution in [0.2, 0.25) is 0 Å². The second kappa shape index (κ2) is 11.3. The maximum absolute atomic E-state index is 12.8. The van der Waals surface area contributed by atoms with Crippen LogP contribution in [-0.2, 0) is 11.2 Å². The van der Waals surface area contributed by atoms with Crippen LogP contribution in [0.3, 0.4) is 0 Å². The van der Waals surface area contributed by atoms with E-state index in [-0.39, 0.29) is 5.91 Å². The fourth-order valence-corrected chi connectivity index (χ4v) is 4.92. The van der Waals surface area contributed by atoms with E-state index in [0.29, 0.717) is 6.42 Å². The topological polar surface area (TPSA) is 82.5 Å². The number of pyridine rings is 1. The van der Waals surface area contributed by atoms with Gasteiger partial charge in [0.25, 0.3) is 0 Å². The van der Waals surface area contributed by atoms with E-state index in [2.05, 4.69) is 63.9 Å². The standard InChI is InChI=1S/C34H29N5O/c1-23-14-20-31-29(22-23)28(34(37-31)32-21-15-24-8-5-6-12-30(24)36-32)11-7-13-33(40)35-25-16-18-27(19-17-25)39-38-26-9-3-2-4-10-26/h2-6,8-10,12,14-22,37H,7,11,13H2,1H3,(H,35,40). The number of amides is 1. The summed E-state index contributed by atoms with van der Waals surface area (Å²) in [5.41, 5.74) is 8.65. The second-order valence-corrected chi connectivity index (χ2v) is 9.90. The maximum Gasteiger partial charge on any atom is 0.224 e. The molecular weight excluding hydrogens is 494 g/mol. The zero-order valence-electron chi connectivity index (χ0n) is 22.3. The lowest BCUT2D eigenvalue weighted by Crippen LogP contribution is -2.11. The number of H-pyrrole nitrogens is 1. The largest absolute Gasteiger partial charge is 0.353 e. The van der Waals surface area contributed by atoms with Crippen LogP contribution in [0.15, 0.2) is 119 Å². The molecule has 1 amide bonds. The number of nitrogens with zero attached hydrogens (tertiary/aromatic N) is 3. The molecule has 2 aromatic heterocycles. The third kappa shape index (κ3) is 5.66. The predicted octanol–water partition coefficient (Wildman–Crippen LogP) is 9.07. The number of azo groups is 1. The zero-order valence-corrected chi connectivity index (χ0v) is 22.3. The van der Waals surface area contributed by atoms with Crippen molar-refractivity contribution in [3.8, 4) is 11.4 Å². The number of aryl methyl sites for hydroxylation is 2. The molecule has 6 rings (SSSR count). The molecule has 0 saturated carbocycles. The summed E-state index contributed by atoms with van der Waals surface area (Å²) < 4.78 is 0. The predicted molar refractivity (Wildman–Crippen MR) is 162 cm³/mol. The number of hydrogen-bond acceptors (Lipinski definition) is 4. The van der Waals surface area contributed by atoms with Gasteiger partial charge < -0.3 is 10.3 Å². The third-order valence-corrected chi connectivity index (χ3v) is 6.94. The summed E-state index contributed by atoms with van der Waals surface area (Å²) in [4.78, 5) is 21.3. The van der Waals surface area contributed by atoms with Gasteiger partial charge in [-0.25, -0.2) is 4.98 Å². The van der Waals surface area contributed by atoms with E-state index in [9.17, 15) is 4.79 Å². The number of benzene rings is 4. The Bertz CT molecular complexity index is 1820. The molecule has 6 heteroatoms. The van der Waals surface area contributed by atoms with Gasteiger partial charge in [-0.1, -0.05) is 54.1 Å². The number of anilines is 1. The first-order chi connectivity index (χ1) is 19.6. The fraction of sp³-hybridized carbons (Fsp3) is 0.118. The van der Waals surface area contributed by atoms with Crippen LogP contribution in [0.5, 0.6) is 0 Å². The van der Waals surface area contributed by atoms with Crippen molar-refractivity contribution in [1.82, 2.24) is 9.97 Å². The van der Waals surface area contributed by atoms with Crippen molar-refractivity contribution < 1.29 is 4.79 Å². The lowest BCUT2D eigenvalue weighted by atomic mass is 10.0. The van der Waals surface area contributed by atoms with Crippen molar-refractivity contribution in [2.24, 2.45) is 10.2 Å². The number of carbonyl (C=O) groups is 1. The molecule has 0 aliphatic rings. The molecule has 0 unspecified atom stereocenters. The molecule has 6 nitrogen and oxygen atoms in total. The van der Waals surface area contributed by atoms with Crippen molar-refractivity contribution in [3.05, 3.63) is 120 Å². The van der Waals surface area contributed by atoms with Gasteiger partial charge in [0, 0.05) is 28.4 Å². The Labute approximate surface area is 232 Å². The summed E-state index contributed by atoms with van der Waals surface area (Å²) in [6.45, 7) is 2.10. The number of carbonyl (C=O) groups excluding carboxylic acids is 1. The molecule has 0 radical (unpaired) electrons. The molecule has 4 aromatic carbocycles. The van der Waals surface area contributed by atoms with Crippen molar-refractivity contribution in [2.75, 3.05) is 5.32 Å². The quantitative estimate of drug-likeness (QED) is 0.195. The third-order valence-electron chi connectivity index (χ3n) is 6.94. The van der Waals surface area contributed by atoms with Crippen LogP contribution in [0, 0.1) is 6.92 Å². The molecule has 40 heavy (non-hydrogen) atoms. The highest BCUT2D eigenvalue weighted by atomic mass is 16.1. The Kier molecular flexibility index (Phi) is 7.14. The van der Waals surface area contributed by atoms with Crippen molar-refractivity contribution >= 4 is 44.8 Å². The summed E-state index contributed by atoms with van der Waals surface area (Å²) >= 11 is 0. The smallest absolute Gasteiger partial charge is 0.224 e. The monoisotopic (exact) mass is 523 g/mol. The van der Waals surface area contributed by atoms with Crippen LogP contribution in [0.25, 0.3) is 33.2 Å². The van der Waals surface area contributed by atoms with E-state index in [1.165, 1.54) is 16.5 Å². The molecule has 0 saturated heterocycles. The zero-order chi connectivity index (χ0) is 27.3. The van der Waals surface area contributed by atoms with Gasteiger partial charge in [-0.2, -0.15) is 10.2 Å². The van der Waals surface area contributed by atoms with Crippen molar-refractivity contribution in [2.45, 2.75) is 26.2 Å². The molecule has 0 spiro atoms. The molecule has 0 fully saturated rings. The molecule has 6 aromatic rings. The first-order valence-electron chi connectivity index (χ1n) is 13.5. The normalized spacial score (nSPS) is 11.4. The Balaban J connectivity index is 1.14. The van der Waals surface area contributed by atoms with Crippen molar-refractivity contribution in [1.29, 1.82) is 0 Å². The lowest BCUT2D eigenvalue weighted by molar-refractivity contribution is -0.116. The molecule has 0 atom stereocenters. The number of nitrogens with one attached hydrogen (secondary N) is 2. The van der Waals surface area contributed by atoms with E-state index >= 15 is 0 Å². The van der Waals surface area contributed by atoms with Gasteiger partial charge in [-0.15, -0.1) is 0 Å². The highest BCUT2D eigenvalue weighted by molar-refractivity contribution is 5.93. The highest BCUT2D eigenvalue weighted by Crippen LogP contribution is 2.32. The molecule has 196 valence electrons. The number of fused-ring (bicyclic) bond motifs is 2. The summed E-state index contributed by atoms with van der Waals surface area (Å²) in [6.07, 6.45) is 1.90. The minimum Gasteiger partial charge on any atom is -0.353 e. The number of hydrogen-bond donors (Lipinski definition) is 2. The highest BCUT2D eigenvalue weighted by Gasteiger charge is 2.15. The van der Waals surface area contributed by atoms with Crippen LogP contribution >= 0.6 is 0 Å². The Morgan fingerprint density at radius 3 is 2.40 bits per heavy atom. The van der Waals surface area contributed by atoms with Crippen LogP contribution in [0.4, 0.5) is 17.1 Å². The van der Waals surface area contributed by atoms with E-state index in [1.54, 1.807) is 0 Å². The van der Waals surface area contributed by atoms with E-state index < -0.39 is 0 Å². The van der Waals surface area contributed by atoms with Gasteiger partial charge in [0.1, 0.15) is 0 Å². The molecule has 0 aliphatic carbocycles. The molecule has 0 aliphatic heterocycles. The SMILES string of the molecule is Cc1ccc2[nH]c(-c3ccc4ccccc4n3)c(CCCC(=O)Nc3ccc(N=Nc4ccccc4)cc3)c2c1. The fourth-order valence-electron chi connectivity index (χ4n) is 4.92. The number of aromatic amines is 1. The van der Waals surface area contributed by atoms with Crippen LogP contribution < -0.4 is 5.32 Å². The summed E-state index contributed by atoms with van der Waals surface area (Å²) in [6, 6.07) is 35.8. The van der Waals surface area contributed by atoms with E-state index in [0.717, 1.165) is 57.7 Å². The van der Waals surface area contributed by atoms with Gasteiger partial charge in [0.2, 0.25) is 5.91 Å². The van der Waals surface area contributed by atoms with E-state index in [4.69, 9.17) is 4.98 Å². The first-order valence-corrected chi connectivity index (χ1v) is 13.5.